The normalized spacial score (nSPS) is 15.2. The van der Waals surface area contributed by atoms with Crippen LogP contribution in [0.1, 0.15) is 17.3 Å². The Hall–Kier alpha value is -2.67. The molecule has 1 N–H and O–H groups in total. The van der Waals surface area contributed by atoms with Crippen LogP contribution in [0.2, 0.25) is 0 Å². The van der Waals surface area contributed by atoms with Gasteiger partial charge in [-0.15, -0.1) is 0 Å². The van der Waals surface area contributed by atoms with Crippen LogP contribution in [0.3, 0.4) is 0 Å². The van der Waals surface area contributed by atoms with Gasteiger partial charge in [0.15, 0.2) is 0 Å². The number of carbonyl (C=O) groups is 2. The maximum atomic E-state index is 12.6. The van der Waals surface area contributed by atoms with Gasteiger partial charge in [-0.2, -0.15) is 5.10 Å². The minimum atomic E-state index is -0.120. The van der Waals surface area contributed by atoms with Crippen LogP contribution < -0.4 is 5.32 Å². The molecule has 0 unspecified atom stereocenters. The molecule has 25 heavy (non-hydrogen) atoms. The first-order valence-corrected chi connectivity index (χ1v) is 8.48. The van der Waals surface area contributed by atoms with E-state index < -0.39 is 0 Å². The van der Waals surface area contributed by atoms with Gasteiger partial charge in [-0.3, -0.25) is 19.2 Å². The summed E-state index contributed by atoms with van der Waals surface area (Å²) >= 11 is 0. The maximum Gasteiger partial charge on any atom is 0.253 e. The van der Waals surface area contributed by atoms with Gasteiger partial charge in [-0.1, -0.05) is 0 Å². The smallest absolute Gasteiger partial charge is 0.253 e. The van der Waals surface area contributed by atoms with Crippen molar-refractivity contribution in [3.05, 3.63) is 48.3 Å². The lowest BCUT2D eigenvalue weighted by molar-refractivity contribution is -0.114. The summed E-state index contributed by atoms with van der Waals surface area (Å²) in [6.07, 6.45) is 3.75. The molecule has 0 atom stereocenters. The SMILES string of the molecule is CC(=O)Nc1ccc(C(=O)N2CCN(CCn3cccn3)CC2)cc1. The molecule has 0 bridgehead atoms. The van der Waals surface area contributed by atoms with Crippen molar-refractivity contribution in [1.82, 2.24) is 19.6 Å². The first-order chi connectivity index (χ1) is 12.1. The highest BCUT2D eigenvalue weighted by Gasteiger charge is 2.21. The second-order valence-corrected chi connectivity index (χ2v) is 6.16. The van der Waals surface area contributed by atoms with Gasteiger partial charge in [-0.05, 0) is 30.3 Å². The fourth-order valence-corrected chi connectivity index (χ4v) is 2.93. The van der Waals surface area contributed by atoms with Crippen molar-refractivity contribution in [2.45, 2.75) is 13.5 Å². The Morgan fingerprint density at radius 3 is 2.40 bits per heavy atom. The van der Waals surface area contributed by atoms with Gasteiger partial charge in [0.25, 0.3) is 5.91 Å². The fourth-order valence-electron chi connectivity index (χ4n) is 2.93. The molecule has 3 rings (SSSR count). The van der Waals surface area contributed by atoms with Crippen molar-refractivity contribution >= 4 is 17.5 Å². The number of nitrogens with zero attached hydrogens (tertiary/aromatic N) is 4. The molecule has 0 aliphatic carbocycles. The van der Waals surface area contributed by atoms with Crippen LogP contribution in [-0.4, -0.2) is 64.1 Å². The topological polar surface area (TPSA) is 70.5 Å². The highest BCUT2D eigenvalue weighted by molar-refractivity contribution is 5.95. The zero-order valence-corrected chi connectivity index (χ0v) is 14.4. The average Bonchev–Trinajstić information content (AvgIpc) is 3.13. The Balaban J connectivity index is 1.48. The molecule has 0 radical (unpaired) electrons. The molecule has 1 aromatic carbocycles. The van der Waals surface area contributed by atoms with E-state index in [1.54, 1.807) is 30.5 Å². The fraction of sp³-hybridized carbons (Fsp3) is 0.389. The third kappa shape index (κ3) is 4.67. The average molecular weight is 341 g/mol. The summed E-state index contributed by atoms with van der Waals surface area (Å²) in [6, 6.07) is 8.97. The number of piperazine rings is 1. The Kier molecular flexibility index (Phi) is 5.45. The van der Waals surface area contributed by atoms with Crippen LogP contribution in [0.15, 0.2) is 42.7 Å². The predicted molar refractivity (Wildman–Crippen MR) is 95.3 cm³/mol. The lowest BCUT2D eigenvalue weighted by Crippen LogP contribution is -2.49. The number of rotatable bonds is 5. The molecule has 1 aliphatic rings. The minimum Gasteiger partial charge on any atom is -0.336 e. The quantitative estimate of drug-likeness (QED) is 0.890. The first kappa shape index (κ1) is 17.2. The molecule has 132 valence electrons. The van der Waals surface area contributed by atoms with E-state index in [1.807, 2.05) is 21.8 Å². The van der Waals surface area contributed by atoms with Crippen LogP contribution in [-0.2, 0) is 11.3 Å². The Bertz CT molecular complexity index is 704. The van der Waals surface area contributed by atoms with Crippen LogP contribution in [0.4, 0.5) is 5.69 Å². The predicted octanol–water partition coefficient (Wildman–Crippen LogP) is 1.30. The van der Waals surface area contributed by atoms with E-state index in [0.29, 0.717) is 11.3 Å². The van der Waals surface area contributed by atoms with Gasteiger partial charge >= 0.3 is 0 Å². The van der Waals surface area contributed by atoms with Crippen molar-refractivity contribution in [3.8, 4) is 0 Å². The molecule has 1 aliphatic heterocycles. The molecule has 7 nitrogen and oxygen atoms in total. The van der Waals surface area contributed by atoms with E-state index in [2.05, 4.69) is 15.3 Å². The molecule has 2 amide bonds. The summed E-state index contributed by atoms with van der Waals surface area (Å²) in [4.78, 5) is 27.9. The third-order valence-electron chi connectivity index (χ3n) is 4.32. The van der Waals surface area contributed by atoms with E-state index >= 15 is 0 Å². The molecule has 1 fully saturated rings. The van der Waals surface area contributed by atoms with Gasteiger partial charge in [0, 0.05) is 63.3 Å². The molecule has 0 spiro atoms. The second kappa shape index (κ2) is 7.94. The lowest BCUT2D eigenvalue weighted by atomic mass is 10.1. The summed E-state index contributed by atoms with van der Waals surface area (Å²) in [7, 11) is 0. The zero-order valence-electron chi connectivity index (χ0n) is 14.4. The maximum absolute atomic E-state index is 12.6. The number of carbonyl (C=O) groups excluding carboxylic acids is 2. The summed E-state index contributed by atoms with van der Waals surface area (Å²) in [6.45, 7) is 6.47. The van der Waals surface area contributed by atoms with Gasteiger partial charge in [-0.25, -0.2) is 0 Å². The number of anilines is 1. The summed E-state index contributed by atoms with van der Waals surface area (Å²) in [5.74, 6) is -0.0774. The minimum absolute atomic E-state index is 0.0427. The number of hydrogen-bond donors (Lipinski definition) is 1. The third-order valence-corrected chi connectivity index (χ3v) is 4.32. The Morgan fingerprint density at radius 2 is 1.80 bits per heavy atom. The molecular weight excluding hydrogens is 318 g/mol. The van der Waals surface area contributed by atoms with Crippen molar-refractivity contribution in [3.63, 3.8) is 0 Å². The largest absolute Gasteiger partial charge is 0.336 e. The zero-order chi connectivity index (χ0) is 17.6. The van der Waals surface area contributed by atoms with E-state index in [-0.39, 0.29) is 11.8 Å². The number of amides is 2. The molecular formula is C18H23N5O2. The number of benzene rings is 1. The molecule has 7 heteroatoms. The van der Waals surface area contributed by atoms with Crippen LogP contribution in [0.5, 0.6) is 0 Å². The van der Waals surface area contributed by atoms with Crippen molar-refractivity contribution in [2.24, 2.45) is 0 Å². The molecule has 0 saturated carbocycles. The summed E-state index contributed by atoms with van der Waals surface area (Å²) < 4.78 is 1.92. The standard InChI is InChI=1S/C18H23N5O2/c1-15(24)20-17-5-3-16(4-6-17)18(25)22-12-9-21(10-13-22)11-14-23-8-2-7-19-23/h2-8H,9-14H2,1H3,(H,20,24). The van der Waals surface area contributed by atoms with Crippen molar-refractivity contribution < 1.29 is 9.59 Å². The molecule has 2 heterocycles. The Labute approximate surface area is 147 Å². The Morgan fingerprint density at radius 1 is 1.08 bits per heavy atom. The highest BCUT2D eigenvalue weighted by Crippen LogP contribution is 2.13. The highest BCUT2D eigenvalue weighted by atomic mass is 16.2. The van der Waals surface area contributed by atoms with Gasteiger partial charge in [0.05, 0.1) is 6.54 Å². The van der Waals surface area contributed by atoms with Crippen LogP contribution >= 0.6 is 0 Å². The molecule has 1 aromatic heterocycles. The van der Waals surface area contributed by atoms with E-state index in [1.165, 1.54) is 6.92 Å². The van der Waals surface area contributed by atoms with Crippen LogP contribution in [0.25, 0.3) is 0 Å². The first-order valence-electron chi connectivity index (χ1n) is 8.48. The van der Waals surface area contributed by atoms with Gasteiger partial charge in [0.2, 0.25) is 5.91 Å². The van der Waals surface area contributed by atoms with E-state index in [0.717, 1.165) is 39.3 Å². The number of aromatic nitrogens is 2. The molecule has 2 aromatic rings. The second-order valence-electron chi connectivity index (χ2n) is 6.16. The summed E-state index contributed by atoms with van der Waals surface area (Å²) in [5, 5.41) is 6.91. The number of nitrogens with one attached hydrogen (secondary N) is 1. The molecule has 1 saturated heterocycles. The van der Waals surface area contributed by atoms with Crippen molar-refractivity contribution in [1.29, 1.82) is 0 Å². The monoisotopic (exact) mass is 341 g/mol. The van der Waals surface area contributed by atoms with E-state index in [4.69, 9.17) is 0 Å². The van der Waals surface area contributed by atoms with E-state index in [9.17, 15) is 9.59 Å². The van der Waals surface area contributed by atoms with Gasteiger partial charge < -0.3 is 10.2 Å². The lowest BCUT2D eigenvalue weighted by Gasteiger charge is -2.34. The van der Waals surface area contributed by atoms with Gasteiger partial charge in [0.1, 0.15) is 0 Å². The van der Waals surface area contributed by atoms with Crippen LogP contribution in [0, 0.1) is 0 Å². The van der Waals surface area contributed by atoms with Crippen molar-refractivity contribution in [2.75, 3.05) is 38.0 Å². The number of hydrogen-bond acceptors (Lipinski definition) is 4. The summed E-state index contributed by atoms with van der Waals surface area (Å²) in [5.41, 5.74) is 1.35.